The number of nitrogens with one attached hydrogen (secondary N) is 2. The molecule has 3 heterocycles. The number of likely N-dealkylation sites (N-methyl/N-ethyl adjacent to an activating group) is 1. The smallest absolute Gasteiger partial charge is 0.242 e. The molecule has 5 rings (SSSR count). The van der Waals surface area contributed by atoms with Gasteiger partial charge >= 0.3 is 0 Å². The van der Waals surface area contributed by atoms with Gasteiger partial charge in [0.15, 0.2) is 0 Å². The summed E-state index contributed by atoms with van der Waals surface area (Å²) in [5.74, 6) is -2.74. The quantitative estimate of drug-likeness (QED) is 0.281. The number of nitrogens with two attached hydrogens (primary N) is 1. The predicted molar refractivity (Wildman–Crippen MR) is 163 cm³/mol. The molecule has 1 aromatic heterocycles. The Morgan fingerprint density at radius 3 is 2.27 bits per heavy atom. The Labute approximate surface area is 261 Å². The average Bonchev–Trinajstić information content (AvgIpc) is 3.03. The van der Waals surface area contributed by atoms with Crippen molar-refractivity contribution >= 4 is 11.6 Å². The fourth-order valence-electron chi connectivity index (χ4n) is 5.91. The van der Waals surface area contributed by atoms with Gasteiger partial charge in [0, 0.05) is 37.7 Å². The predicted octanol–water partition coefficient (Wildman–Crippen LogP) is 3.23. The molecule has 2 aromatic carbocycles. The first-order valence-corrected chi connectivity index (χ1v) is 15.2. The number of benzene rings is 2. The second-order valence-electron chi connectivity index (χ2n) is 11.6. The molecule has 4 N–H and O–H groups in total. The first-order chi connectivity index (χ1) is 21.8. The first-order valence-electron chi connectivity index (χ1n) is 15.2. The van der Waals surface area contributed by atoms with Crippen LogP contribution in [0.25, 0.3) is 0 Å². The van der Waals surface area contributed by atoms with Gasteiger partial charge < -0.3 is 35.5 Å². The largest absolute Gasteiger partial charge is 0.376 e. The third-order valence-corrected chi connectivity index (χ3v) is 8.14. The van der Waals surface area contributed by atoms with E-state index in [4.69, 9.17) is 19.9 Å². The number of amides is 1. The zero-order valence-electron chi connectivity index (χ0n) is 25.3. The van der Waals surface area contributed by atoms with E-state index in [-0.39, 0.29) is 24.0 Å². The number of nitrogens with zero attached hydrogens (tertiary/aromatic N) is 2. The van der Waals surface area contributed by atoms with Crippen LogP contribution in [0.1, 0.15) is 29.0 Å². The summed E-state index contributed by atoms with van der Waals surface area (Å²) < 4.78 is 60.0. The molecule has 45 heavy (non-hydrogen) atoms. The highest BCUT2D eigenvalue weighted by molar-refractivity contribution is 5.96. The number of aromatic nitrogens is 1. The molecule has 2 fully saturated rings. The maximum absolute atomic E-state index is 15.1. The first kappa shape index (κ1) is 33.0. The molecular formula is C33H40F3N5O4. The molecule has 9 nitrogen and oxygen atoms in total. The Kier molecular flexibility index (Phi) is 11.5. The van der Waals surface area contributed by atoms with Gasteiger partial charge in [-0.1, -0.05) is 24.3 Å². The number of anilines is 1. The normalized spacial score (nSPS) is 21.2. The number of rotatable bonds is 12. The minimum absolute atomic E-state index is 0.0363. The van der Waals surface area contributed by atoms with Crippen molar-refractivity contribution in [3.05, 3.63) is 95.1 Å². The topological polar surface area (TPSA) is 111 Å². The summed E-state index contributed by atoms with van der Waals surface area (Å²) >= 11 is 0. The summed E-state index contributed by atoms with van der Waals surface area (Å²) in [6, 6.07) is 10.1. The summed E-state index contributed by atoms with van der Waals surface area (Å²) in [4.78, 5) is 19.6. The number of carbonyl (C=O) groups is 1. The number of hydrogen-bond donors (Lipinski definition) is 3. The molecule has 0 spiro atoms. The molecule has 0 bridgehead atoms. The maximum atomic E-state index is 15.1. The third kappa shape index (κ3) is 9.09. The van der Waals surface area contributed by atoms with E-state index in [0.29, 0.717) is 69.0 Å². The van der Waals surface area contributed by atoms with Gasteiger partial charge in [-0.05, 0) is 55.3 Å². The van der Waals surface area contributed by atoms with Crippen molar-refractivity contribution in [1.29, 1.82) is 0 Å². The van der Waals surface area contributed by atoms with E-state index in [1.165, 1.54) is 54.7 Å². The van der Waals surface area contributed by atoms with E-state index >= 15 is 4.39 Å². The Morgan fingerprint density at radius 2 is 1.62 bits per heavy atom. The second kappa shape index (κ2) is 15.7. The highest BCUT2D eigenvalue weighted by Crippen LogP contribution is 2.29. The van der Waals surface area contributed by atoms with Crippen molar-refractivity contribution in [1.82, 2.24) is 15.2 Å². The van der Waals surface area contributed by atoms with Gasteiger partial charge in [-0.2, -0.15) is 0 Å². The van der Waals surface area contributed by atoms with Crippen LogP contribution in [0.15, 0.2) is 60.9 Å². The number of hydrogen-bond acceptors (Lipinski definition) is 8. The molecule has 0 aliphatic carbocycles. The average molecular weight is 628 g/mol. The summed E-state index contributed by atoms with van der Waals surface area (Å²) in [6.45, 7) is 4.57. The zero-order chi connectivity index (χ0) is 31.8. The van der Waals surface area contributed by atoms with Crippen molar-refractivity contribution < 1.29 is 32.2 Å². The minimum Gasteiger partial charge on any atom is -0.376 e. The standard InChI is InChI=1S/C33H40F3N5O4/c1-41(19-27-20-43-12-13-44-27)18-26-15-38-14-25(45-26)10-11-28-29(36)16-39-17-30(28)40-33(42)32(37)31(21-2-6-23(34)7-3-21)22-4-8-24(35)9-5-22/h2-9,16-17,25-27,31-32,38H,10-15,18-20,37H2,1H3,(H,40,42)/t25-,26-,27?,32+/m1/s1. The van der Waals surface area contributed by atoms with Crippen LogP contribution in [0.3, 0.4) is 0 Å². The lowest BCUT2D eigenvalue weighted by Gasteiger charge is -2.35. The highest BCUT2D eigenvalue weighted by Gasteiger charge is 2.30. The van der Waals surface area contributed by atoms with Crippen LogP contribution in [0, 0.1) is 17.5 Å². The van der Waals surface area contributed by atoms with E-state index in [0.717, 1.165) is 12.7 Å². The van der Waals surface area contributed by atoms with Crippen LogP contribution >= 0.6 is 0 Å². The molecule has 4 atom stereocenters. The number of carbonyl (C=O) groups excluding carboxylic acids is 1. The van der Waals surface area contributed by atoms with Crippen LogP contribution in [0.5, 0.6) is 0 Å². The van der Waals surface area contributed by atoms with Crippen LogP contribution in [0.4, 0.5) is 18.9 Å². The molecule has 3 aromatic rings. The Morgan fingerprint density at radius 1 is 0.978 bits per heavy atom. The summed E-state index contributed by atoms with van der Waals surface area (Å²) in [7, 11) is 2.02. The molecule has 242 valence electrons. The lowest BCUT2D eigenvalue weighted by molar-refractivity contribution is -0.117. The second-order valence-corrected chi connectivity index (χ2v) is 11.6. The van der Waals surface area contributed by atoms with Crippen molar-refractivity contribution in [3.63, 3.8) is 0 Å². The van der Waals surface area contributed by atoms with Gasteiger partial charge in [-0.3, -0.25) is 9.78 Å². The summed E-state index contributed by atoms with van der Waals surface area (Å²) in [6.07, 6.45) is 3.13. The van der Waals surface area contributed by atoms with E-state index in [1.807, 2.05) is 7.05 Å². The Bertz CT molecular complexity index is 1350. The van der Waals surface area contributed by atoms with Crippen molar-refractivity contribution in [3.8, 4) is 0 Å². The SMILES string of the molecule is CN(CC1COCCO1)C[C@H]1CNC[C@@H](CCc2c(F)cncc2NC(=O)[C@@H](N)C(c2ccc(F)cc2)c2ccc(F)cc2)O1. The maximum Gasteiger partial charge on any atom is 0.242 e. The molecule has 2 saturated heterocycles. The monoisotopic (exact) mass is 627 g/mol. The Balaban J connectivity index is 1.22. The van der Waals surface area contributed by atoms with Crippen LogP contribution in [-0.2, 0) is 25.4 Å². The number of ether oxygens (including phenoxy) is 3. The van der Waals surface area contributed by atoms with Gasteiger partial charge in [-0.15, -0.1) is 0 Å². The van der Waals surface area contributed by atoms with Gasteiger partial charge in [0.25, 0.3) is 0 Å². The number of halogens is 3. The number of morpholine rings is 1. The van der Waals surface area contributed by atoms with E-state index in [2.05, 4.69) is 20.5 Å². The molecule has 2 aliphatic rings. The molecule has 12 heteroatoms. The summed E-state index contributed by atoms with van der Waals surface area (Å²) in [5.41, 5.74) is 8.13. The van der Waals surface area contributed by atoms with E-state index in [9.17, 15) is 13.6 Å². The molecule has 0 radical (unpaired) electrons. The fraction of sp³-hybridized carbons (Fsp3) is 0.455. The van der Waals surface area contributed by atoms with Gasteiger partial charge in [0.05, 0.1) is 62.3 Å². The number of pyridine rings is 1. The minimum atomic E-state index is -1.16. The molecule has 1 amide bonds. The lowest BCUT2D eigenvalue weighted by atomic mass is 9.85. The van der Waals surface area contributed by atoms with Crippen molar-refractivity contribution in [2.45, 2.75) is 43.1 Å². The molecule has 0 saturated carbocycles. The van der Waals surface area contributed by atoms with Crippen molar-refractivity contribution in [2.24, 2.45) is 5.73 Å². The van der Waals surface area contributed by atoms with Gasteiger partial charge in [-0.25, -0.2) is 13.2 Å². The molecule has 1 unspecified atom stereocenters. The van der Waals surface area contributed by atoms with Crippen LogP contribution in [0.2, 0.25) is 0 Å². The van der Waals surface area contributed by atoms with Crippen LogP contribution in [-0.4, -0.2) is 93.2 Å². The van der Waals surface area contributed by atoms with Gasteiger partial charge in [0.1, 0.15) is 17.5 Å². The highest BCUT2D eigenvalue weighted by atomic mass is 19.1. The fourth-order valence-corrected chi connectivity index (χ4v) is 5.91. The van der Waals surface area contributed by atoms with E-state index in [1.54, 1.807) is 0 Å². The van der Waals surface area contributed by atoms with Crippen molar-refractivity contribution in [2.75, 3.05) is 58.4 Å². The Hall–Kier alpha value is -3.39. The molecular weight excluding hydrogens is 587 g/mol. The summed E-state index contributed by atoms with van der Waals surface area (Å²) in [5, 5.41) is 6.17. The van der Waals surface area contributed by atoms with Crippen LogP contribution < -0.4 is 16.4 Å². The molecule has 2 aliphatic heterocycles. The lowest BCUT2D eigenvalue weighted by Crippen LogP contribution is -2.50. The van der Waals surface area contributed by atoms with E-state index < -0.39 is 35.3 Å². The third-order valence-electron chi connectivity index (χ3n) is 8.14. The van der Waals surface area contributed by atoms with Gasteiger partial charge in [0.2, 0.25) is 5.91 Å². The zero-order valence-corrected chi connectivity index (χ0v) is 25.3.